The number of hydrogen-bond donors (Lipinski definition) is 0. The maximum Gasteiger partial charge on any atom is 0.0128 e. The van der Waals surface area contributed by atoms with Crippen LogP contribution in [0.1, 0.15) is 67.7 Å². The molecule has 0 amide bonds. The van der Waals surface area contributed by atoms with E-state index in [-0.39, 0.29) is 5.54 Å². The molecule has 1 unspecified atom stereocenters. The minimum absolute atomic E-state index is 0.269. The molecule has 0 aromatic rings. The van der Waals surface area contributed by atoms with Crippen molar-refractivity contribution in [2.24, 2.45) is 0 Å². The Hall–Kier alpha value is -0.0800. The fraction of sp³-hybridized carbons (Fsp3) is 1.00. The zero-order chi connectivity index (χ0) is 14.1. The molecule has 1 rings (SSSR count). The summed E-state index contributed by atoms with van der Waals surface area (Å²) >= 11 is 0. The number of rotatable bonds is 5. The summed E-state index contributed by atoms with van der Waals surface area (Å²) in [5, 5.41) is 0. The van der Waals surface area contributed by atoms with E-state index in [0.717, 1.165) is 6.04 Å². The molecule has 0 aromatic carbocycles. The van der Waals surface area contributed by atoms with E-state index in [9.17, 15) is 0 Å². The second kappa shape index (κ2) is 5.50. The van der Waals surface area contributed by atoms with Crippen LogP contribution < -0.4 is 0 Å². The van der Waals surface area contributed by atoms with Crippen molar-refractivity contribution in [3.63, 3.8) is 0 Å². The summed E-state index contributed by atoms with van der Waals surface area (Å²) in [5.41, 5.74) is 0.590. The highest BCUT2D eigenvalue weighted by Gasteiger charge is 2.36. The van der Waals surface area contributed by atoms with Crippen LogP contribution in [0.5, 0.6) is 0 Å². The molecule has 0 aliphatic heterocycles. The standard InChI is InChI=1S/C16H34N2/c1-13(17(8)15(2,3)4)11-12-18(14-9-10-14)16(5,6)7/h13-14H,9-12H2,1-8H3. The second-order valence-electron chi connectivity index (χ2n) is 8.01. The van der Waals surface area contributed by atoms with E-state index in [1.807, 2.05) is 0 Å². The van der Waals surface area contributed by atoms with Gasteiger partial charge in [-0.05, 0) is 74.8 Å². The van der Waals surface area contributed by atoms with Gasteiger partial charge in [-0.25, -0.2) is 0 Å². The van der Waals surface area contributed by atoms with Crippen molar-refractivity contribution in [2.45, 2.75) is 90.9 Å². The molecule has 0 aromatic heterocycles. The van der Waals surface area contributed by atoms with Crippen molar-refractivity contribution in [1.29, 1.82) is 0 Å². The quantitative estimate of drug-likeness (QED) is 0.737. The summed E-state index contributed by atoms with van der Waals surface area (Å²) in [7, 11) is 2.25. The summed E-state index contributed by atoms with van der Waals surface area (Å²) < 4.78 is 0. The normalized spacial score (nSPS) is 19.7. The highest BCUT2D eigenvalue weighted by Crippen LogP contribution is 2.33. The second-order valence-corrected chi connectivity index (χ2v) is 8.01. The smallest absolute Gasteiger partial charge is 0.0128 e. The number of hydrogen-bond acceptors (Lipinski definition) is 2. The summed E-state index contributed by atoms with van der Waals surface area (Å²) in [4.78, 5) is 5.21. The average Bonchev–Trinajstić information content (AvgIpc) is 2.97. The Morgan fingerprint density at radius 2 is 1.50 bits per heavy atom. The Bertz CT molecular complexity index is 255. The van der Waals surface area contributed by atoms with E-state index in [2.05, 4.69) is 65.3 Å². The molecule has 1 fully saturated rings. The van der Waals surface area contributed by atoms with Crippen molar-refractivity contribution in [3.05, 3.63) is 0 Å². The van der Waals surface area contributed by atoms with Gasteiger partial charge in [-0.2, -0.15) is 0 Å². The summed E-state index contributed by atoms with van der Waals surface area (Å²) in [6, 6.07) is 1.51. The molecule has 0 spiro atoms. The first kappa shape index (κ1) is 16.0. The largest absolute Gasteiger partial charge is 0.299 e. The van der Waals surface area contributed by atoms with Gasteiger partial charge in [-0.3, -0.25) is 9.80 Å². The molecule has 0 saturated heterocycles. The van der Waals surface area contributed by atoms with Crippen molar-refractivity contribution in [3.8, 4) is 0 Å². The molecule has 0 radical (unpaired) electrons. The highest BCUT2D eigenvalue weighted by atomic mass is 15.2. The first-order chi connectivity index (χ1) is 8.03. The van der Waals surface area contributed by atoms with Crippen molar-refractivity contribution < 1.29 is 0 Å². The monoisotopic (exact) mass is 254 g/mol. The molecule has 1 atom stereocenters. The van der Waals surface area contributed by atoms with Crippen molar-refractivity contribution >= 4 is 0 Å². The molecular weight excluding hydrogens is 220 g/mol. The van der Waals surface area contributed by atoms with Crippen LogP contribution in [-0.4, -0.2) is 46.6 Å². The van der Waals surface area contributed by atoms with Crippen LogP contribution in [0, 0.1) is 0 Å². The van der Waals surface area contributed by atoms with Gasteiger partial charge in [0, 0.05) is 29.7 Å². The van der Waals surface area contributed by atoms with Gasteiger partial charge in [-0.1, -0.05) is 0 Å². The third kappa shape index (κ3) is 4.55. The molecule has 18 heavy (non-hydrogen) atoms. The molecule has 1 aliphatic rings. The molecule has 2 heteroatoms. The molecule has 108 valence electrons. The van der Waals surface area contributed by atoms with E-state index in [4.69, 9.17) is 0 Å². The average molecular weight is 254 g/mol. The third-order valence-electron chi connectivity index (χ3n) is 4.36. The lowest BCUT2D eigenvalue weighted by molar-refractivity contribution is 0.0822. The molecule has 0 N–H and O–H groups in total. The minimum Gasteiger partial charge on any atom is -0.299 e. The minimum atomic E-state index is 0.269. The van der Waals surface area contributed by atoms with E-state index in [1.54, 1.807) is 0 Å². The molecule has 0 heterocycles. The van der Waals surface area contributed by atoms with E-state index in [0.29, 0.717) is 11.6 Å². The van der Waals surface area contributed by atoms with Crippen molar-refractivity contribution in [1.82, 2.24) is 9.80 Å². The summed E-state index contributed by atoms with van der Waals surface area (Å²) in [6.07, 6.45) is 4.07. The lowest BCUT2D eigenvalue weighted by Crippen LogP contribution is -2.48. The van der Waals surface area contributed by atoms with Crippen LogP contribution in [0.15, 0.2) is 0 Å². The van der Waals surface area contributed by atoms with Gasteiger partial charge in [0.1, 0.15) is 0 Å². The van der Waals surface area contributed by atoms with Gasteiger partial charge in [0.25, 0.3) is 0 Å². The molecule has 1 aliphatic carbocycles. The van der Waals surface area contributed by atoms with Crippen molar-refractivity contribution in [2.75, 3.05) is 13.6 Å². The Balaban J connectivity index is 2.48. The maximum absolute atomic E-state index is 2.71. The molecule has 0 bridgehead atoms. The first-order valence-corrected chi connectivity index (χ1v) is 7.53. The number of nitrogens with zero attached hydrogens (tertiary/aromatic N) is 2. The van der Waals surface area contributed by atoms with Crippen LogP contribution in [0.4, 0.5) is 0 Å². The predicted molar refractivity (Wildman–Crippen MR) is 81.1 cm³/mol. The summed E-state index contributed by atoms with van der Waals surface area (Å²) in [6.45, 7) is 17.5. The SMILES string of the molecule is CC(CCN(C1CC1)C(C)(C)C)N(C)C(C)(C)C. The first-order valence-electron chi connectivity index (χ1n) is 7.53. The predicted octanol–water partition coefficient (Wildman–Crippen LogP) is 3.76. The highest BCUT2D eigenvalue weighted by molar-refractivity contribution is 4.92. The van der Waals surface area contributed by atoms with E-state index >= 15 is 0 Å². The van der Waals surface area contributed by atoms with E-state index < -0.39 is 0 Å². The topological polar surface area (TPSA) is 6.48 Å². The fourth-order valence-electron chi connectivity index (χ4n) is 2.63. The van der Waals surface area contributed by atoms with Gasteiger partial charge in [-0.15, -0.1) is 0 Å². The van der Waals surface area contributed by atoms with Gasteiger partial charge >= 0.3 is 0 Å². The molecule has 1 saturated carbocycles. The Labute approximate surface area is 115 Å². The van der Waals surface area contributed by atoms with Crippen LogP contribution in [0.2, 0.25) is 0 Å². The van der Waals surface area contributed by atoms with E-state index in [1.165, 1.54) is 25.8 Å². The van der Waals surface area contributed by atoms with Crippen LogP contribution in [0.3, 0.4) is 0 Å². The van der Waals surface area contributed by atoms with Crippen LogP contribution >= 0.6 is 0 Å². The Kier molecular flexibility index (Phi) is 4.88. The zero-order valence-corrected chi connectivity index (χ0v) is 13.9. The third-order valence-corrected chi connectivity index (χ3v) is 4.36. The fourth-order valence-corrected chi connectivity index (χ4v) is 2.63. The Morgan fingerprint density at radius 1 is 1.00 bits per heavy atom. The molecular formula is C16H34N2. The molecule has 2 nitrogen and oxygen atoms in total. The lowest BCUT2D eigenvalue weighted by Gasteiger charge is -2.40. The maximum atomic E-state index is 2.71. The van der Waals surface area contributed by atoms with Gasteiger partial charge in [0.05, 0.1) is 0 Å². The van der Waals surface area contributed by atoms with Gasteiger partial charge < -0.3 is 0 Å². The van der Waals surface area contributed by atoms with Crippen LogP contribution in [-0.2, 0) is 0 Å². The van der Waals surface area contributed by atoms with Gasteiger partial charge in [0.15, 0.2) is 0 Å². The van der Waals surface area contributed by atoms with Crippen LogP contribution in [0.25, 0.3) is 0 Å². The summed E-state index contributed by atoms with van der Waals surface area (Å²) in [5.74, 6) is 0. The zero-order valence-electron chi connectivity index (χ0n) is 13.9. The van der Waals surface area contributed by atoms with Gasteiger partial charge in [0.2, 0.25) is 0 Å². The Morgan fingerprint density at radius 3 is 1.83 bits per heavy atom. The lowest BCUT2D eigenvalue weighted by atomic mass is 10.0.